The predicted molar refractivity (Wildman–Crippen MR) is 90.4 cm³/mol. The van der Waals surface area contributed by atoms with Crippen molar-refractivity contribution in [3.63, 3.8) is 0 Å². The summed E-state index contributed by atoms with van der Waals surface area (Å²) in [6.07, 6.45) is 3.15. The van der Waals surface area contributed by atoms with Gasteiger partial charge >= 0.3 is 0 Å². The second-order valence-corrected chi connectivity index (χ2v) is 5.19. The molecule has 0 atom stereocenters. The molecule has 0 radical (unpaired) electrons. The topological polar surface area (TPSA) is 68.6 Å². The number of aromatic nitrogens is 4. The lowest BCUT2D eigenvalue weighted by atomic mass is 10.1. The molecule has 0 aliphatic carbocycles. The van der Waals surface area contributed by atoms with Crippen LogP contribution in [0.2, 0.25) is 0 Å². The minimum Gasteiger partial charge on any atom is -0.285 e. The zero-order valence-electron chi connectivity index (χ0n) is 12.6. The third-order valence-corrected chi connectivity index (χ3v) is 3.62. The maximum Gasteiger partial charge on any atom is 0.230 e. The van der Waals surface area contributed by atoms with Gasteiger partial charge in [0, 0.05) is 23.5 Å². The van der Waals surface area contributed by atoms with Crippen LogP contribution in [0.25, 0.3) is 22.4 Å². The molecule has 0 aliphatic rings. The van der Waals surface area contributed by atoms with E-state index in [4.69, 9.17) is 0 Å². The van der Waals surface area contributed by atoms with Gasteiger partial charge < -0.3 is 0 Å². The van der Waals surface area contributed by atoms with Crippen molar-refractivity contribution in [1.29, 1.82) is 0 Å². The van der Waals surface area contributed by atoms with Crippen LogP contribution >= 0.6 is 0 Å². The van der Waals surface area contributed by atoms with Crippen LogP contribution in [0.1, 0.15) is 16.2 Å². The SMILES string of the molecule is O=C(c1ccccc1)c1nc(-c2ccccc2)c2nccnc2n1. The number of carbonyl (C=O) groups excluding carboxylic acids is 1. The summed E-state index contributed by atoms with van der Waals surface area (Å²) in [5, 5.41) is 0. The summed E-state index contributed by atoms with van der Waals surface area (Å²) in [5.41, 5.74) is 3.00. The Morgan fingerprint density at radius 3 is 2.17 bits per heavy atom. The molecule has 114 valence electrons. The van der Waals surface area contributed by atoms with Gasteiger partial charge in [-0.3, -0.25) is 4.79 Å². The second-order valence-electron chi connectivity index (χ2n) is 5.19. The van der Waals surface area contributed by atoms with Crippen LogP contribution in [0.15, 0.2) is 73.1 Å². The molecule has 24 heavy (non-hydrogen) atoms. The highest BCUT2D eigenvalue weighted by molar-refractivity contribution is 6.07. The van der Waals surface area contributed by atoms with Gasteiger partial charge in [-0.2, -0.15) is 0 Å². The summed E-state index contributed by atoms with van der Waals surface area (Å²) in [6, 6.07) is 18.6. The Bertz CT molecular complexity index is 1020. The van der Waals surface area contributed by atoms with Crippen LogP contribution in [0.4, 0.5) is 0 Å². The molecular formula is C19H12N4O. The van der Waals surface area contributed by atoms with Gasteiger partial charge in [-0.25, -0.2) is 19.9 Å². The molecule has 5 nitrogen and oxygen atoms in total. The van der Waals surface area contributed by atoms with Crippen LogP contribution in [-0.4, -0.2) is 25.7 Å². The van der Waals surface area contributed by atoms with Crippen LogP contribution in [0, 0.1) is 0 Å². The molecule has 0 amide bonds. The number of fused-ring (bicyclic) bond motifs is 1. The largest absolute Gasteiger partial charge is 0.285 e. The maximum absolute atomic E-state index is 12.7. The van der Waals surface area contributed by atoms with Gasteiger partial charge in [-0.05, 0) is 0 Å². The molecule has 0 saturated carbocycles. The van der Waals surface area contributed by atoms with E-state index in [9.17, 15) is 4.79 Å². The van der Waals surface area contributed by atoms with E-state index in [1.165, 1.54) is 0 Å². The van der Waals surface area contributed by atoms with E-state index in [1.54, 1.807) is 24.5 Å². The van der Waals surface area contributed by atoms with Crippen molar-refractivity contribution in [2.45, 2.75) is 0 Å². The van der Waals surface area contributed by atoms with E-state index < -0.39 is 0 Å². The van der Waals surface area contributed by atoms with Gasteiger partial charge in [0.2, 0.25) is 11.6 Å². The number of hydrogen-bond acceptors (Lipinski definition) is 5. The first-order chi connectivity index (χ1) is 11.8. The number of nitrogens with zero attached hydrogens (tertiary/aromatic N) is 4. The molecule has 2 aromatic carbocycles. The predicted octanol–water partition coefficient (Wildman–Crippen LogP) is 3.32. The Kier molecular flexibility index (Phi) is 3.51. The van der Waals surface area contributed by atoms with Gasteiger partial charge in [0.15, 0.2) is 5.65 Å². The first kappa shape index (κ1) is 14.1. The molecule has 2 heterocycles. The Morgan fingerprint density at radius 1 is 0.750 bits per heavy atom. The third kappa shape index (κ3) is 2.52. The average molecular weight is 312 g/mol. The Labute approximate surface area is 138 Å². The summed E-state index contributed by atoms with van der Waals surface area (Å²) >= 11 is 0. The number of carbonyl (C=O) groups is 1. The van der Waals surface area contributed by atoms with E-state index in [2.05, 4.69) is 19.9 Å². The molecular weight excluding hydrogens is 300 g/mol. The average Bonchev–Trinajstić information content (AvgIpc) is 2.68. The van der Waals surface area contributed by atoms with E-state index in [-0.39, 0.29) is 11.6 Å². The Balaban J connectivity index is 1.94. The fourth-order valence-corrected chi connectivity index (χ4v) is 2.48. The number of hydrogen-bond donors (Lipinski definition) is 0. The Morgan fingerprint density at radius 2 is 1.42 bits per heavy atom. The number of rotatable bonds is 3. The molecule has 5 heteroatoms. The standard InChI is InChI=1S/C19H12N4O/c24-17(14-9-5-2-6-10-14)19-22-15(13-7-3-1-4-8-13)16-18(23-19)21-12-11-20-16/h1-12H. The molecule has 0 saturated heterocycles. The van der Waals surface area contributed by atoms with Crippen LogP contribution in [0.3, 0.4) is 0 Å². The lowest BCUT2D eigenvalue weighted by Crippen LogP contribution is -2.09. The Hall–Kier alpha value is -3.47. The highest BCUT2D eigenvalue weighted by Gasteiger charge is 2.17. The van der Waals surface area contributed by atoms with Gasteiger partial charge in [-0.1, -0.05) is 60.7 Å². The van der Waals surface area contributed by atoms with Gasteiger partial charge in [0.05, 0.1) is 0 Å². The highest BCUT2D eigenvalue weighted by atomic mass is 16.1. The van der Waals surface area contributed by atoms with Crippen molar-refractivity contribution in [3.8, 4) is 11.3 Å². The fraction of sp³-hybridized carbons (Fsp3) is 0. The quantitative estimate of drug-likeness (QED) is 0.543. The summed E-state index contributed by atoms with van der Waals surface area (Å²) in [7, 11) is 0. The van der Waals surface area contributed by atoms with Crippen LogP contribution in [-0.2, 0) is 0 Å². The van der Waals surface area contributed by atoms with Crippen molar-refractivity contribution in [1.82, 2.24) is 19.9 Å². The first-order valence-corrected chi connectivity index (χ1v) is 7.47. The van der Waals surface area contributed by atoms with E-state index >= 15 is 0 Å². The molecule has 0 N–H and O–H groups in total. The zero-order chi connectivity index (χ0) is 16.4. The highest BCUT2D eigenvalue weighted by Crippen LogP contribution is 2.23. The monoisotopic (exact) mass is 312 g/mol. The molecule has 0 aliphatic heterocycles. The smallest absolute Gasteiger partial charge is 0.230 e. The minimum absolute atomic E-state index is 0.119. The van der Waals surface area contributed by atoms with Gasteiger partial charge in [0.25, 0.3) is 0 Å². The fourth-order valence-electron chi connectivity index (χ4n) is 2.48. The normalized spacial score (nSPS) is 10.7. The minimum atomic E-state index is -0.236. The van der Waals surface area contributed by atoms with E-state index in [1.807, 2.05) is 48.5 Å². The lowest BCUT2D eigenvalue weighted by molar-refractivity contribution is 0.103. The second kappa shape index (κ2) is 5.96. The first-order valence-electron chi connectivity index (χ1n) is 7.47. The molecule has 4 rings (SSSR count). The van der Waals surface area contributed by atoms with Crippen molar-refractivity contribution >= 4 is 16.9 Å². The zero-order valence-corrected chi connectivity index (χ0v) is 12.6. The number of ketones is 1. The molecule has 0 unspecified atom stereocenters. The van der Waals surface area contributed by atoms with Gasteiger partial charge in [0.1, 0.15) is 11.2 Å². The maximum atomic E-state index is 12.7. The molecule has 0 spiro atoms. The summed E-state index contributed by atoms with van der Waals surface area (Å²) < 4.78 is 0. The lowest BCUT2D eigenvalue weighted by Gasteiger charge is -2.07. The van der Waals surface area contributed by atoms with Crippen molar-refractivity contribution in [3.05, 3.63) is 84.4 Å². The molecule has 2 aromatic heterocycles. The molecule has 0 bridgehead atoms. The summed E-state index contributed by atoms with van der Waals surface area (Å²) in [5.74, 6) is -0.117. The van der Waals surface area contributed by atoms with Crippen molar-refractivity contribution in [2.75, 3.05) is 0 Å². The van der Waals surface area contributed by atoms with E-state index in [0.29, 0.717) is 22.4 Å². The van der Waals surface area contributed by atoms with E-state index in [0.717, 1.165) is 5.56 Å². The summed E-state index contributed by atoms with van der Waals surface area (Å²) in [6.45, 7) is 0. The third-order valence-electron chi connectivity index (χ3n) is 3.62. The van der Waals surface area contributed by atoms with Crippen molar-refractivity contribution < 1.29 is 4.79 Å². The van der Waals surface area contributed by atoms with Crippen LogP contribution in [0.5, 0.6) is 0 Å². The number of benzene rings is 2. The molecule has 4 aromatic rings. The molecule has 0 fully saturated rings. The summed E-state index contributed by atoms with van der Waals surface area (Å²) in [4.78, 5) is 30.1. The van der Waals surface area contributed by atoms with Gasteiger partial charge in [-0.15, -0.1) is 0 Å². The van der Waals surface area contributed by atoms with Crippen molar-refractivity contribution in [2.24, 2.45) is 0 Å². The van der Waals surface area contributed by atoms with Crippen LogP contribution < -0.4 is 0 Å².